The molecule has 0 aromatic heterocycles. The Morgan fingerprint density at radius 2 is 1.15 bits per heavy atom. The Bertz CT molecular complexity index is 2260. The van der Waals surface area contributed by atoms with Gasteiger partial charge in [-0.2, -0.15) is 0 Å². The predicted octanol–water partition coefficient (Wildman–Crippen LogP) is 4.26. The second kappa shape index (κ2) is 20.8. The lowest BCUT2D eigenvalue weighted by Gasteiger charge is -2.24. The lowest BCUT2D eigenvalue weighted by molar-refractivity contribution is -0.145. The summed E-state index contributed by atoms with van der Waals surface area (Å²) >= 11 is 0. The molecule has 3 N–H and O–H groups in total. The second-order valence-electron chi connectivity index (χ2n) is 13.6. The molecule has 0 radical (unpaired) electrons. The molecular formula is C45H50N2O14. The lowest BCUT2D eigenvalue weighted by Crippen LogP contribution is -2.45. The van der Waals surface area contributed by atoms with Crippen molar-refractivity contribution in [3.05, 3.63) is 106 Å². The van der Waals surface area contributed by atoms with Crippen LogP contribution in [-0.4, -0.2) is 97.8 Å². The molecule has 324 valence electrons. The minimum Gasteiger partial charge on any atom is -0.496 e. The molecule has 2 amide bonds. The Kier molecular flexibility index (Phi) is 15.4. The van der Waals surface area contributed by atoms with Crippen LogP contribution in [0, 0.1) is 0 Å². The molecule has 0 saturated heterocycles. The van der Waals surface area contributed by atoms with E-state index in [4.69, 9.17) is 42.6 Å². The smallest absolute Gasteiger partial charge is 0.328 e. The van der Waals surface area contributed by atoms with E-state index in [0.29, 0.717) is 67.9 Å². The zero-order chi connectivity index (χ0) is 44.2. The number of methoxy groups -OCH3 is 8. The first-order valence-electron chi connectivity index (χ1n) is 19.0. The van der Waals surface area contributed by atoms with Gasteiger partial charge in [0, 0.05) is 30.0 Å². The van der Waals surface area contributed by atoms with Gasteiger partial charge in [-0.05, 0) is 70.8 Å². The Morgan fingerprint density at radius 3 is 1.66 bits per heavy atom. The third kappa shape index (κ3) is 10.3. The summed E-state index contributed by atoms with van der Waals surface area (Å²) in [4.78, 5) is 54.5. The molecule has 16 nitrogen and oxygen atoms in total. The van der Waals surface area contributed by atoms with Crippen LogP contribution < -0.4 is 43.8 Å². The summed E-state index contributed by atoms with van der Waals surface area (Å²) in [7, 11) is 11.4. The van der Waals surface area contributed by atoms with Crippen LogP contribution in [0.1, 0.15) is 45.4 Å². The van der Waals surface area contributed by atoms with E-state index in [1.54, 1.807) is 66.7 Å². The minimum atomic E-state index is -1.17. The second-order valence-corrected chi connectivity index (χ2v) is 13.6. The molecule has 4 aromatic rings. The van der Waals surface area contributed by atoms with Crippen LogP contribution in [0.5, 0.6) is 40.2 Å². The summed E-state index contributed by atoms with van der Waals surface area (Å²) in [6.07, 6.45) is 1.79. The van der Waals surface area contributed by atoms with Gasteiger partial charge in [-0.15, -0.1) is 0 Å². The van der Waals surface area contributed by atoms with Gasteiger partial charge in [0.2, 0.25) is 11.8 Å². The molecule has 4 unspecified atom stereocenters. The Morgan fingerprint density at radius 1 is 0.639 bits per heavy atom. The highest BCUT2D eigenvalue weighted by Crippen LogP contribution is 2.52. The van der Waals surface area contributed by atoms with Crippen LogP contribution in [0.2, 0.25) is 0 Å². The highest BCUT2D eigenvalue weighted by Gasteiger charge is 2.45. The van der Waals surface area contributed by atoms with Gasteiger partial charge < -0.3 is 58.4 Å². The van der Waals surface area contributed by atoms with Gasteiger partial charge in [-0.1, -0.05) is 24.3 Å². The van der Waals surface area contributed by atoms with E-state index in [0.717, 1.165) is 0 Å². The molecule has 0 saturated carbocycles. The van der Waals surface area contributed by atoms with E-state index >= 15 is 0 Å². The highest BCUT2D eigenvalue weighted by atomic mass is 16.5. The monoisotopic (exact) mass is 842 g/mol. The number of ether oxygens (including phenoxy) is 9. The molecule has 1 aliphatic heterocycles. The van der Waals surface area contributed by atoms with Gasteiger partial charge in [-0.3, -0.25) is 9.59 Å². The number of aliphatic hydroxyl groups is 1. The number of carbonyl (C=O) groups excluding carboxylic acids is 4. The van der Waals surface area contributed by atoms with Gasteiger partial charge in [0.15, 0.2) is 34.5 Å². The summed E-state index contributed by atoms with van der Waals surface area (Å²) in [5, 5.41) is 15.8. The fraction of sp³-hybridized carbons (Fsp3) is 0.333. The molecule has 4 atom stereocenters. The number of rotatable bonds is 19. The standard InChI is InChI=1S/C45H50N2O14/c1-53-32-16-12-28(23-29(32)24-48)41-40(43(50)47-31(45(52)60-8)20-26-10-15-34(55-3)37(22-26)58-6)39-27(11-17-35(56-4)42(39)61-41)13-18-38(49)46-30(44(51)59-7)19-25-9-14-33(54-2)36(21-25)57-5/h9-18,21-23,30-31,40-41,48H,19-20,24H2,1-8H3,(H,46,49)(H,47,50). The van der Waals surface area contributed by atoms with E-state index in [9.17, 15) is 24.3 Å². The van der Waals surface area contributed by atoms with Crippen LogP contribution in [-0.2, 0) is 48.1 Å². The molecule has 0 fully saturated rings. The van der Waals surface area contributed by atoms with Crippen molar-refractivity contribution in [2.24, 2.45) is 0 Å². The highest BCUT2D eigenvalue weighted by molar-refractivity contribution is 5.96. The molecule has 4 aromatic carbocycles. The summed E-state index contributed by atoms with van der Waals surface area (Å²) in [6.45, 7) is -0.367. The first-order chi connectivity index (χ1) is 29.5. The molecule has 1 aliphatic rings. The maximum atomic E-state index is 14.8. The molecule has 1 heterocycles. The molecule has 0 bridgehead atoms. The van der Waals surface area contributed by atoms with Gasteiger partial charge in [-0.25, -0.2) is 9.59 Å². The topological polar surface area (TPSA) is 196 Å². The minimum absolute atomic E-state index is 0.0246. The third-order valence-corrected chi connectivity index (χ3v) is 10.2. The van der Waals surface area contributed by atoms with E-state index in [-0.39, 0.29) is 25.2 Å². The van der Waals surface area contributed by atoms with E-state index in [1.807, 2.05) is 0 Å². The number of carbonyl (C=O) groups is 4. The Balaban J connectivity index is 1.53. The first kappa shape index (κ1) is 45.1. The molecule has 61 heavy (non-hydrogen) atoms. The average molecular weight is 843 g/mol. The summed E-state index contributed by atoms with van der Waals surface area (Å²) < 4.78 is 49.3. The zero-order valence-electron chi connectivity index (χ0n) is 35.2. The number of nitrogens with one attached hydrogen (secondary N) is 2. The number of benzene rings is 4. The number of aliphatic hydroxyl groups excluding tert-OH is 1. The number of amides is 2. The van der Waals surface area contributed by atoms with Crippen molar-refractivity contribution in [2.45, 2.75) is 43.6 Å². The maximum Gasteiger partial charge on any atom is 0.328 e. The molecule has 5 rings (SSSR count). The van der Waals surface area contributed by atoms with Crippen molar-refractivity contribution in [3.63, 3.8) is 0 Å². The molecule has 0 spiro atoms. The summed E-state index contributed by atoms with van der Waals surface area (Å²) in [5.41, 5.74) is 2.99. The van der Waals surface area contributed by atoms with Gasteiger partial charge in [0.05, 0.1) is 63.5 Å². The molecular weight excluding hydrogens is 792 g/mol. The third-order valence-electron chi connectivity index (χ3n) is 10.2. The van der Waals surface area contributed by atoms with Crippen molar-refractivity contribution in [1.82, 2.24) is 10.6 Å². The summed E-state index contributed by atoms with van der Waals surface area (Å²) in [6, 6.07) is 16.3. The number of fused-ring (bicyclic) bond motifs is 1. The predicted molar refractivity (Wildman–Crippen MR) is 221 cm³/mol. The van der Waals surface area contributed by atoms with Crippen LogP contribution in [0.25, 0.3) is 6.08 Å². The van der Waals surface area contributed by atoms with Crippen molar-refractivity contribution in [2.75, 3.05) is 56.9 Å². The largest absolute Gasteiger partial charge is 0.496 e. The Labute approximate surface area is 353 Å². The lowest BCUT2D eigenvalue weighted by atomic mass is 9.86. The van der Waals surface area contributed by atoms with Crippen molar-refractivity contribution in [1.29, 1.82) is 0 Å². The van der Waals surface area contributed by atoms with Crippen LogP contribution >= 0.6 is 0 Å². The van der Waals surface area contributed by atoms with E-state index < -0.39 is 47.9 Å². The molecule has 16 heteroatoms. The average Bonchev–Trinajstić information content (AvgIpc) is 3.70. The molecule has 0 aliphatic carbocycles. The quantitative estimate of drug-likeness (QED) is 0.0895. The van der Waals surface area contributed by atoms with Crippen LogP contribution in [0.15, 0.2) is 72.8 Å². The fourth-order valence-corrected chi connectivity index (χ4v) is 7.12. The normalized spacial score (nSPS) is 15.0. The number of esters is 2. The van der Waals surface area contributed by atoms with Crippen molar-refractivity contribution >= 4 is 29.8 Å². The van der Waals surface area contributed by atoms with Gasteiger partial charge in [0.1, 0.15) is 29.9 Å². The van der Waals surface area contributed by atoms with E-state index in [1.165, 1.54) is 69.0 Å². The van der Waals surface area contributed by atoms with Crippen LogP contribution in [0.4, 0.5) is 0 Å². The Hall–Kier alpha value is -6.94. The van der Waals surface area contributed by atoms with Crippen molar-refractivity contribution in [3.8, 4) is 40.2 Å². The first-order valence-corrected chi connectivity index (χ1v) is 19.0. The fourth-order valence-electron chi connectivity index (χ4n) is 7.12. The zero-order valence-corrected chi connectivity index (χ0v) is 35.2. The SMILES string of the molecule is COC(=O)C(Cc1ccc(OC)c(OC)c1)NC(=O)C=Cc1ccc(OC)c2c1C(C(=O)NC(Cc1ccc(OC)c(OC)c1)C(=O)OC)C(c1ccc(OC)c(CO)c1)O2. The summed E-state index contributed by atoms with van der Waals surface area (Å²) in [5.74, 6) is -1.00. The maximum absolute atomic E-state index is 14.8. The van der Waals surface area contributed by atoms with Crippen molar-refractivity contribution < 1.29 is 66.9 Å². The van der Waals surface area contributed by atoms with E-state index in [2.05, 4.69) is 10.6 Å². The number of hydrogen-bond acceptors (Lipinski definition) is 14. The van der Waals surface area contributed by atoms with Gasteiger partial charge >= 0.3 is 11.9 Å². The number of hydrogen-bond donors (Lipinski definition) is 3. The van der Waals surface area contributed by atoms with Crippen LogP contribution in [0.3, 0.4) is 0 Å². The van der Waals surface area contributed by atoms with Gasteiger partial charge in [0.25, 0.3) is 0 Å².